The zero-order chi connectivity index (χ0) is 26.7. The van der Waals surface area contributed by atoms with E-state index in [1.54, 1.807) is 24.3 Å². The Morgan fingerprint density at radius 1 is 0.568 bits per heavy atom. The lowest BCUT2D eigenvalue weighted by Gasteiger charge is -2.15. The normalized spacial score (nSPS) is 11.0. The fourth-order valence-electron chi connectivity index (χ4n) is 3.90. The summed E-state index contributed by atoms with van der Waals surface area (Å²) in [5, 5.41) is 0. The number of hydrogen-bond acceptors (Lipinski definition) is 6. The third kappa shape index (κ3) is 12.4. The number of benzene rings is 2. The lowest BCUT2D eigenvalue weighted by molar-refractivity contribution is -0.421. The minimum absolute atomic E-state index is 0.387. The van der Waals surface area contributed by atoms with Crippen molar-refractivity contribution in [1.82, 2.24) is 0 Å². The number of unbranched alkanes of at least 4 members (excludes halogenated alkanes) is 7. The number of aryl methyl sites for hydroxylation is 2. The first-order valence-corrected chi connectivity index (χ1v) is 14.0. The van der Waals surface area contributed by atoms with Crippen molar-refractivity contribution in [3.63, 3.8) is 0 Å². The van der Waals surface area contributed by atoms with Crippen molar-refractivity contribution in [1.29, 1.82) is 0 Å². The fourth-order valence-corrected chi connectivity index (χ4v) is 3.90. The molecular weight excluding hydrogens is 468 g/mol. The van der Waals surface area contributed by atoms with Gasteiger partial charge in [-0.15, -0.1) is 9.78 Å². The van der Waals surface area contributed by atoms with Crippen molar-refractivity contribution in [3.05, 3.63) is 70.8 Å². The Bertz CT molecular complexity index is 819. The van der Waals surface area contributed by atoms with Crippen LogP contribution in [0.2, 0.25) is 0 Å². The second-order valence-electron chi connectivity index (χ2n) is 9.52. The van der Waals surface area contributed by atoms with Crippen LogP contribution in [0.5, 0.6) is 0 Å². The topological polar surface area (TPSA) is 71.1 Å². The van der Waals surface area contributed by atoms with Gasteiger partial charge in [0.1, 0.15) is 0 Å². The van der Waals surface area contributed by atoms with Gasteiger partial charge in [0.05, 0.1) is 11.1 Å². The average Bonchev–Trinajstić information content (AvgIpc) is 2.93. The lowest BCUT2D eigenvalue weighted by Crippen LogP contribution is -2.22. The van der Waals surface area contributed by atoms with Crippen LogP contribution in [-0.4, -0.2) is 18.2 Å². The van der Waals surface area contributed by atoms with Crippen molar-refractivity contribution < 1.29 is 29.1 Å². The highest BCUT2D eigenvalue weighted by molar-refractivity contribution is 5.89. The molecule has 204 valence electrons. The molecule has 0 atom stereocenters. The second kappa shape index (κ2) is 18.5. The molecule has 0 fully saturated rings. The van der Waals surface area contributed by atoms with Crippen molar-refractivity contribution >= 4 is 11.9 Å². The summed E-state index contributed by atoms with van der Waals surface area (Å²) in [6.45, 7) is 6.40. The molecule has 0 amide bonds. The third-order valence-electron chi connectivity index (χ3n) is 6.27. The quantitative estimate of drug-likeness (QED) is 0.0815. The molecule has 0 bridgehead atoms. The number of carbonyl (C=O) groups is 2. The fraction of sp³-hybridized carbons (Fsp3) is 0.548. The summed E-state index contributed by atoms with van der Waals surface area (Å²) in [5.41, 5.74) is 3.15. The van der Waals surface area contributed by atoms with Crippen molar-refractivity contribution in [2.24, 2.45) is 0 Å². The van der Waals surface area contributed by atoms with E-state index in [1.165, 1.54) is 49.7 Å². The zero-order valence-electron chi connectivity index (χ0n) is 22.8. The van der Waals surface area contributed by atoms with Crippen molar-refractivity contribution in [2.45, 2.75) is 111 Å². The average molecular weight is 513 g/mol. The lowest BCUT2D eigenvalue weighted by atomic mass is 10.0. The molecule has 2 rings (SSSR count). The van der Waals surface area contributed by atoms with Gasteiger partial charge < -0.3 is 0 Å². The van der Waals surface area contributed by atoms with Gasteiger partial charge in [0.15, 0.2) is 0 Å². The molecule has 0 unspecified atom stereocenters. The van der Waals surface area contributed by atoms with Gasteiger partial charge in [0.25, 0.3) is 0 Å². The van der Waals surface area contributed by atoms with E-state index < -0.39 is 18.2 Å². The van der Waals surface area contributed by atoms with Crippen LogP contribution in [0, 0.1) is 0 Å². The van der Waals surface area contributed by atoms with Crippen LogP contribution in [-0.2, 0) is 32.4 Å². The summed E-state index contributed by atoms with van der Waals surface area (Å²) in [7, 11) is 0. The molecule has 0 radical (unpaired) electrons. The molecule has 0 spiro atoms. The Hall–Kier alpha value is -2.70. The van der Waals surface area contributed by atoms with Gasteiger partial charge in [0.2, 0.25) is 6.29 Å². The maximum absolute atomic E-state index is 12.4. The Kier molecular flexibility index (Phi) is 15.3. The van der Waals surface area contributed by atoms with E-state index in [4.69, 9.17) is 19.6 Å². The minimum Gasteiger partial charge on any atom is -0.290 e. The van der Waals surface area contributed by atoms with Crippen molar-refractivity contribution in [2.75, 3.05) is 0 Å². The Morgan fingerprint density at radius 2 is 0.973 bits per heavy atom. The van der Waals surface area contributed by atoms with E-state index in [-0.39, 0.29) is 0 Å². The first kappa shape index (κ1) is 30.5. The summed E-state index contributed by atoms with van der Waals surface area (Å²) >= 11 is 0. The van der Waals surface area contributed by atoms with Crippen LogP contribution in [0.1, 0.15) is 123 Å². The standard InChI is InChI=1S/C31H44O6/c1-4-7-10-12-14-25-17-21-27(22-18-25)30(32)36-34-29(16-9-6-3)35-37-31(33)28-23-19-26(20-24-28)15-13-11-8-5-2/h17-24,29H,4-16H2,1-3H3. The smallest absolute Gasteiger partial charge is 0.290 e. The first-order chi connectivity index (χ1) is 18.1. The SMILES string of the molecule is CCCCCCc1ccc(C(=O)OOC(CCCC)OOC(=O)c2ccc(CCCCCC)cc2)cc1. The van der Waals surface area contributed by atoms with E-state index in [9.17, 15) is 9.59 Å². The Balaban J connectivity index is 1.80. The highest BCUT2D eigenvalue weighted by atomic mass is 17.3. The monoisotopic (exact) mass is 512 g/mol. The number of carbonyl (C=O) groups excluding carboxylic acids is 2. The molecule has 37 heavy (non-hydrogen) atoms. The highest BCUT2D eigenvalue weighted by Crippen LogP contribution is 2.15. The molecule has 0 aliphatic carbocycles. The van der Waals surface area contributed by atoms with Crippen LogP contribution >= 0.6 is 0 Å². The Labute approximate surface area is 222 Å². The number of hydrogen-bond donors (Lipinski definition) is 0. The van der Waals surface area contributed by atoms with Gasteiger partial charge in [0, 0.05) is 6.42 Å². The van der Waals surface area contributed by atoms with E-state index in [2.05, 4.69) is 13.8 Å². The van der Waals surface area contributed by atoms with Gasteiger partial charge in [-0.2, -0.15) is 0 Å². The van der Waals surface area contributed by atoms with Crippen LogP contribution in [0.15, 0.2) is 48.5 Å². The molecule has 0 saturated heterocycles. The van der Waals surface area contributed by atoms with Gasteiger partial charge >= 0.3 is 11.9 Å². The predicted molar refractivity (Wildman–Crippen MR) is 145 cm³/mol. The van der Waals surface area contributed by atoms with Crippen LogP contribution < -0.4 is 0 Å². The maximum atomic E-state index is 12.4. The molecule has 6 heteroatoms. The molecular formula is C31H44O6. The third-order valence-corrected chi connectivity index (χ3v) is 6.27. The van der Waals surface area contributed by atoms with E-state index in [0.717, 1.165) is 38.5 Å². The summed E-state index contributed by atoms with van der Waals surface area (Å²) in [4.78, 5) is 45.2. The highest BCUT2D eigenvalue weighted by Gasteiger charge is 2.19. The van der Waals surface area contributed by atoms with Gasteiger partial charge in [-0.1, -0.05) is 90.0 Å². The molecule has 0 N–H and O–H groups in total. The molecule has 0 aliphatic rings. The predicted octanol–water partition coefficient (Wildman–Crippen LogP) is 8.33. The van der Waals surface area contributed by atoms with E-state index in [0.29, 0.717) is 17.5 Å². The van der Waals surface area contributed by atoms with Gasteiger partial charge in [-0.05, 0) is 67.5 Å². The molecule has 0 aliphatic heterocycles. The summed E-state index contributed by atoms with van der Waals surface area (Å²) in [5.74, 6) is -1.24. The largest absolute Gasteiger partial charge is 0.373 e. The van der Waals surface area contributed by atoms with Crippen LogP contribution in [0.3, 0.4) is 0 Å². The zero-order valence-corrected chi connectivity index (χ0v) is 22.8. The maximum Gasteiger partial charge on any atom is 0.373 e. The number of rotatable bonds is 19. The summed E-state index contributed by atoms with van der Waals surface area (Å²) in [6, 6.07) is 14.7. The van der Waals surface area contributed by atoms with E-state index >= 15 is 0 Å². The van der Waals surface area contributed by atoms with Gasteiger partial charge in [-0.3, -0.25) is 9.78 Å². The Morgan fingerprint density at radius 3 is 1.35 bits per heavy atom. The summed E-state index contributed by atoms with van der Waals surface area (Å²) < 4.78 is 0. The van der Waals surface area contributed by atoms with Gasteiger partial charge in [-0.25, -0.2) is 9.59 Å². The van der Waals surface area contributed by atoms with Crippen LogP contribution in [0.25, 0.3) is 0 Å². The molecule has 2 aromatic rings. The summed E-state index contributed by atoms with van der Waals surface area (Å²) in [6.07, 6.45) is 12.6. The molecule has 0 aromatic heterocycles. The second-order valence-corrected chi connectivity index (χ2v) is 9.52. The first-order valence-electron chi connectivity index (χ1n) is 14.0. The minimum atomic E-state index is -1.01. The van der Waals surface area contributed by atoms with Crippen molar-refractivity contribution in [3.8, 4) is 0 Å². The molecule has 0 heterocycles. The molecule has 2 aromatic carbocycles. The molecule has 6 nitrogen and oxygen atoms in total. The van der Waals surface area contributed by atoms with E-state index in [1.807, 2.05) is 31.2 Å². The molecule has 0 saturated carbocycles. The van der Waals surface area contributed by atoms with Crippen LogP contribution in [0.4, 0.5) is 0 Å².